The first-order valence-corrected chi connectivity index (χ1v) is 9.90. The number of pyridine rings is 1. The summed E-state index contributed by atoms with van der Waals surface area (Å²) in [4.78, 5) is 19.0. The minimum atomic E-state index is -0.280. The number of hydrogen-bond acceptors (Lipinski definition) is 7. The van der Waals surface area contributed by atoms with Gasteiger partial charge in [-0.15, -0.1) is 10.2 Å². The van der Waals surface area contributed by atoms with Gasteiger partial charge in [0.15, 0.2) is 5.82 Å². The van der Waals surface area contributed by atoms with E-state index in [0.29, 0.717) is 37.0 Å². The van der Waals surface area contributed by atoms with E-state index >= 15 is 0 Å². The lowest BCUT2D eigenvalue weighted by atomic mass is 10.1. The van der Waals surface area contributed by atoms with Crippen molar-refractivity contribution in [2.24, 2.45) is 0 Å². The topological polar surface area (TPSA) is 89.5 Å². The number of hydrogen-bond donors (Lipinski definition) is 1. The zero-order chi connectivity index (χ0) is 20.8. The monoisotopic (exact) mass is 405 g/mol. The van der Waals surface area contributed by atoms with E-state index in [1.165, 1.54) is 0 Å². The molecule has 1 aliphatic heterocycles. The number of anilines is 2. The molecule has 1 saturated heterocycles. The van der Waals surface area contributed by atoms with Gasteiger partial charge in [-0.3, -0.25) is 4.79 Å². The molecule has 3 heterocycles. The van der Waals surface area contributed by atoms with Crippen molar-refractivity contribution in [3.63, 3.8) is 0 Å². The Kier molecular flexibility index (Phi) is 6.14. The Morgan fingerprint density at radius 1 is 1.13 bits per heavy atom. The van der Waals surface area contributed by atoms with E-state index in [-0.39, 0.29) is 5.91 Å². The fraction of sp³-hybridized carbons (Fsp3) is 0.273. The lowest BCUT2D eigenvalue weighted by molar-refractivity contribution is 0.102. The Labute approximate surface area is 174 Å². The molecule has 30 heavy (non-hydrogen) atoms. The first kappa shape index (κ1) is 19.8. The number of ether oxygens (including phenoxy) is 2. The highest BCUT2D eigenvalue weighted by Gasteiger charge is 2.15. The van der Waals surface area contributed by atoms with Crippen LogP contribution in [0, 0.1) is 0 Å². The molecule has 1 amide bonds. The Hall–Kier alpha value is -3.52. The lowest BCUT2D eigenvalue weighted by Crippen LogP contribution is -2.36. The Balaban J connectivity index is 1.49. The van der Waals surface area contributed by atoms with Crippen LogP contribution in [0.4, 0.5) is 11.5 Å². The predicted octanol–water partition coefficient (Wildman–Crippen LogP) is 3.03. The fourth-order valence-corrected chi connectivity index (χ4v) is 3.21. The van der Waals surface area contributed by atoms with E-state index in [9.17, 15) is 4.79 Å². The standard InChI is InChI=1S/C22H23N5O3/c1-2-30-22-18(7-4-10-23-22)21(28)24-17-6-3-5-16(15-17)19-8-9-20(26-25-19)27-11-13-29-14-12-27/h3-10,15H,2,11-14H2,1H3,(H,24,28). The summed E-state index contributed by atoms with van der Waals surface area (Å²) in [6.07, 6.45) is 1.60. The smallest absolute Gasteiger partial charge is 0.261 e. The van der Waals surface area contributed by atoms with Gasteiger partial charge in [0.25, 0.3) is 5.91 Å². The van der Waals surface area contributed by atoms with E-state index in [2.05, 4.69) is 25.4 Å². The molecule has 0 spiro atoms. The van der Waals surface area contributed by atoms with Crippen LogP contribution in [0.5, 0.6) is 5.88 Å². The number of rotatable bonds is 6. The summed E-state index contributed by atoms with van der Waals surface area (Å²) in [6, 6.07) is 14.8. The molecule has 0 aliphatic carbocycles. The number of nitrogens with one attached hydrogen (secondary N) is 1. The maximum atomic E-state index is 12.7. The van der Waals surface area contributed by atoms with Crippen LogP contribution < -0.4 is 15.0 Å². The van der Waals surface area contributed by atoms with Gasteiger partial charge in [-0.25, -0.2) is 4.98 Å². The van der Waals surface area contributed by atoms with Gasteiger partial charge in [0, 0.05) is 30.5 Å². The van der Waals surface area contributed by atoms with Crippen LogP contribution in [-0.2, 0) is 4.74 Å². The predicted molar refractivity (Wildman–Crippen MR) is 114 cm³/mol. The first-order chi connectivity index (χ1) is 14.7. The first-order valence-electron chi connectivity index (χ1n) is 9.90. The molecule has 8 nitrogen and oxygen atoms in total. The molecule has 0 radical (unpaired) electrons. The van der Waals surface area contributed by atoms with Crippen LogP contribution in [-0.4, -0.2) is 54.0 Å². The largest absolute Gasteiger partial charge is 0.477 e. The van der Waals surface area contributed by atoms with E-state index in [4.69, 9.17) is 9.47 Å². The van der Waals surface area contributed by atoms with Gasteiger partial charge in [-0.05, 0) is 43.3 Å². The third-order valence-electron chi connectivity index (χ3n) is 4.70. The van der Waals surface area contributed by atoms with Gasteiger partial charge in [0.05, 0.1) is 25.5 Å². The van der Waals surface area contributed by atoms with Crippen LogP contribution in [0.2, 0.25) is 0 Å². The van der Waals surface area contributed by atoms with Crippen LogP contribution in [0.3, 0.4) is 0 Å². The van der Waals surface area contributed by atoms with E-state index in [1.807, 2.05) is 43.3 Å². The van der Waals surface area contributed by atoms with Gasteiger partial charge >= 0.3 is 0 Å². The number of aromatic nitrogens is 3. The number of amides is 1. The highest BCUT2D eigenvalue weighted by molar-refractivity contribution is 6.06. The van der Waals surface area contributed by atoms with E-state index in [0.717, 1.165) is 30.2 Å². The second-order valence-electron chi connectivity index (χ2n) is 6.70. The molecule has 3 aromatic rings. The SMILES string of the molecule is CCOc1ncccc1C(=O)Nc1cccc(-c2ccc(N3CCOCC3)nn2)c1. The summed E-state index contributed by atoms with van der Waals surface area (Å²) in [5, 5.41) is 11.6. The molecule has 0 unspecified atom stereocenters. The third-order valence-corrected chi connectivity index (χ3v) is 4.70. The number of benzene rings is 1. The van der Waals surface area contributed by atoms with E-state index < -0.39 is 0 Å². The molecule has 0 saturated carbocycles. The Morgan fingerprint density at radius 3 is 2.77 bits per heavy atom. The second-order valence-corrected chi connectivity index (χ2v) is 6.70. The van der Waals surface area contributed by atoms with Crippen molar-refractivity contribution >= 4 is 17.4 Å². The summed E-state index contributed by atoms with van der Waals surface area (Å²) < 4.78 is 10.8. The zero-order valence-electron chi connectivity index (χ0n) is 16.7. The lowest BCUT2D eigenvalue weighted by Gasteiger charge is -2.27. The van der Waals surface area contributed by atoms with E-state index in [1.54, 1.807) is 18.3 Å². The summed E-state index contributed by atoms with van der Waals surface area (Å²) >= 11 is 0. The van der Waals surface area contributed by atoms with Gasteiger partial charge in [0.2, 0.25) is 5.88 Å². The van der Waals surface area contributed by atoms with Crippen molar-refractivity contribution in [3.05, 3.63) is 60.3 Å². The van der Waals surface area contributed by atoms with Crippen LogP contribution in [0.25, 0.3) is 11.3 Å². The summed E-state index contributed by atoms with van der Waals surface area (Å²) in [5.41, 5.74) is 2.65. The summed E-state index contributed by atoms with van der Waals surface area (Å²) in [7, 11) is 0. The third kappa shape index (κ3) is 4.55. The number of nitrogens with zero attached hydrogens (tertiary/aromatic N) is 4. The molecule has 2 aromatic heterocycles. The zero-order valence-corrected chi connectivity index (χ0v) is 16.7. The molecular formula is C22H23N5O3. The van der Waals surface area contributed by atoms with Crippen molar-refractivity contribution in [1.29, 1.82) is 0 Å². The van der Waals surface area contributed by atoms with Crippen molar-refractivity contribution in [2.45, 2.75) is 6.92 Å². The minimum Gasteiger partial charge on any atom is -0.477 e. The maximum absolute atomic E-state index is 12.7. The molecule has 4 rings (SSSR count). The quantitative estimate of drug-likeness (QED) is 0.674. The number of carbonyl (C=O) groups excluding carboxylic acids is 1. The average molecular weight is 405 g/mol. The van der Waals surface area contributed by atoms with Crippen LogP contribution in [0.1, 0.15) is 17.3 Å². The molecule has 1 N–H and O–H groups in total. The molecule has 0 bridgehead atoms. The van der Waals surface area contributed by atoms with Crippen LogP contribution >= 0.6 is 0 Å². The van der Waals surface area contributed by atoms with Crippen molar-refractivity contribution < 1.29 is 14.3 Å². The Bertz CT molecular complexity index is 1000. The molecular weight excluding hydrogens is 382 g/mol. The molecule has 154 valence electrons. The summed E-state index contributed by atoms with van der Waals surface area (Å²) in [5.74, 6) is 0.877. The van der Waals surface area contributed by atoms with Crippen LogP contribution in [0.15, 0.2) is 54.7 Å². The van der Waals surface area contributed by atoms with Gasteiger partial charge in [-0.1, -0.05) is 12.1 Å². The molecule has 1 aromatic carbocycles. The average Bonchev–Trinajstić information content (AvgIpc) is 2.80. The molecule has 8 heteroatoms. The van der Waals surface area contributed by atoms with Crippen molar-refractivity contribution in [1.82, 2.24) is 15.2 Å². The van der Waals surface area contributed by atoms with Crippen molar-refractivity contribution in [2.75, 3.05) is 43.1 Å². The van der Waals surface area contributed by atoms with Gasteiger partial charge < -0.3 is 19.7 Å². The van der Waals surface area contributed by atoms with Crippen molar-refractivity contribution in [3.8, 4) is 17.1 Å². The number of morpholine rings is 1. The highest BCUT2D eigenvalue weighted by atomic mass is 16.5. The highest BCUT2D eigenvalue weighted by Crippen LogP contribution is 2.23. The van der Waals surface area contributed by atoms with Gasteiger partial charge in [-0.2, -0.15) is 0 Å². The number of carbonyl (C=O) groups is 1. The Morgan fingerprint density at radius 2 is 2.00 bits per heavy atom. The normalized spacial score (nSPS) is 13.7. The minimum absolute atomic E-state index is 0.280. The molecule has 1 fully saturated rings. The second kappa shape index (κ2) is 9.32. The fourth-order valence-electron chi connectivity index (χ4n) is 3.21. The maximum Gasteiger partial charge on any atom is 0.261 e. The molecule has 0 atom stereocenters. The molecule has 1 aliphatic rings. The van der Waals surface area contributed by atoms with Gasteiger partial charge in [0.1, 0.15) is 5.56 Å². The summed E-state index contributed by atoms with van der Waals surface area (Å²) in [6.45, 7) is 5.32.